The molecule has 4 heterocycles. The van der Waals surface area contributed by atoms with Crippen LogP contribution in [0.2, 0.25) is 0 Å². The lowest BCUT2D eigenvalue weighted by molar-refractivity contribution is -0.0498. The summed E-state index contributed by atoms with van der Waals surface area (Å²) in [7, 11) is 0. The van der Waals surface area contributed by atoms with Crippen molar-refractivity contribution in [1.29, 1.82) is 0 Å². The molecule has 0 aliphatic carbocycles. The molecule has 32 heavy (non-hydrogen) atoms. The van der Waals surface area contributed by atoms with Crippen LogP contribution < -0.4 is 4.74 Å². The Morgan fingerprint density at radius 2 is 1.97 bits per heavy atom. The number of halogens is 2. The summed E-state index contributed by atoms with van der Waals surface area (Å²) in [5.74, 6) is 0.500. The summed E-state index contributed by atoms with van der Waals surface area (Å²) in [5, 5.41) is 10.0. The Balaban J connectivity index is 1.51. The van der Waals surface area contributed by atoms with E-state index in [2.05, 4.69) is 21.9 Å². The lowest BCUT2D eigenvalue weighted by atomic mass is 9.93. The van der Waals surface area contributed by atoms with Crippen LogP contribution in [0.1, 0.15) is 25.8 Å². The predicted octanol–water partition coefficient (Wildman–Crippen LogP) is 4.87. The average molecular weight is 439 g/mol. The highest BCUT2D eigenvalue weighted by molar-refractivity contribution is 5.78. The van der Waals surface area contributed by atoms with Gasteiger partial charge in [-0.15, -0.1) is 0 Å². The molecule has 1 fully saturated rings. The number of aromatic nitrogens is 5. The molecule has 0 saturated carbocycles. The van der Waals surface area contributed by atoms with Gasteiger partial charge in [0.1, 0.15) is 5.75 Å². The highest BCUT2D eigenvalue weighted by Crippen LogP contribution is 2.32. The average Bonchev–Trinajstić information content (AvgIpc) is 3.46. The summed E-state index contributed by atoms with van der Waals surface area (Å²) < 4.78 is 38.7. The van der Waals surface area contributed by atoms with Crippen molar-refractivity contribution in [3.8, 4) is 22.8 Å². The number of rotatable bonds is 6. The van der Waals surface area contributed by atoms with Gasteiger partial charge in [-0.1, -0.05) is 6.92 Å². The fourth-order valence-electron chi connectivity index (χ4n) is 4.28. The minimum Gasteiger partial charge on any atom is -0.435 e. The van der Waals surface area contributed by atoms with Gasteiger partial charge in [-0.05, 0) is 55.3 Å². The fraction of sp³-hybridized carbons (Fsp3) is 0.348. The lowest BCUT2D eigenvalue weighted by Gasteiger charge is -2.31. The standard InChI is InChI=1S/C23H23F2N5O2/c1-2-15-14-31-12-10-20(15)30-22-16(13-27-30)3-8-19(28-22)21-9-11-26-29(21)17-4-6-18(7-5-17)32-23(24)25/h3-9,11,13,15,20,23H,2,10,12,14H2,1H3. The number of fused-ring (bicyclic) bond motifs is 1. The monoisotopic (exact) mass is 439 g/mol. The van der Waals surface area contributed by atoms with Crippen molar-refractivity contribution in [2.75, 3.05) is 13.2 Å². The second-order valence-electron chi connectivity index (χ2n) is 7.80. The van der Waals surface area contributed by atoms with Crippen LogP contribution >= 0.6 is 0 Å². The zero-order valence-corrected chi connectivity index (χ0v) is 17.6. The molecule has 4 aromatic rings. The van der Waals surface area contributed by atoms with Gasteiger partial charge in [0.15, 0.2) is 5.65 Å². The summed E-state index contributed by atoms with van der Waals surface area (Å²) in [4.78, 5) is 4.94. The van der Waals surface area contributed by atoms with E-state index in [9.17, 15) is 8.78 Å². The van der Waals surface area contributed by atoms with Crippen molar-refractivity contribution < 1.29 is 18.3 Å². The summed E-state index contributed by atoms with van der Waals surface area (Å²) in [5.41, 5.74) is 3.10. The SMILES string of the molecule is CCC1COCCC1n1ncc2ccc(-c3ccnn3-c3ccc(OC(F)F)cc3)nc21. The molecular formula is C23H23F2N5O2. The molecule has 5 rings (SSSR count). The highest BCUT2D eigenvalue weighted by Gasteiger charge is 2.28. The molecule has 7 nitrogen and oxygen atoms in total. The van der Waals surface area contributed by atoms with Crippen LogP contribution in [0.5, 0.6) is 5.75 Å². The molecule has 2 unspecified atom stereocenters. The summed E-state index contributed by atoms with van der Waals surface area (Å²) in [6.07, 6.45) is 5.47. The normalized spacial score (nSPS) is 19.0. The number of benzene rings is 1. The van der Waals surface area contributed by atoms with Crippen LogP contribution in [0, 0.1) is 5.92 Å². The molecule has 1 aromatic carbocycles. The molecular weight excluding hydrogens is 416 g/mol. The number of alkyl halides is 2. The van der Waals surface area contributed by atoms with E-state index in [4.69, 9.17) is 9.72 Å². The number of ether oxygens (including phenoxy) is 2. The first-order valence-corrected chi connectivity index (χ1v) is 10.7. The van der Waals surface area contributed by atoms with E-state index in [1.807, 2.05) is 29.1 Å². The van der Waals surface area contributed by atoms with Crippen molar-refractivity contribution in [3.63, 3.8) is 0 Å². The van der Waals surface area contributed by atoms with E-state index in [1.165, 1.54) is 12.1 Å². The third-order valence-electron chi connectivity index (χ3n) is 5.93. The molecule has 0 spiro atoms. The van der Waals surface area contributed by atoms with Gasteiger partial charge in [-0.25, -0.2) is 14.3 Å². The van der Waals surface area contributed by atoms with Crippen LogP contribution in [0.15, 0.2) is 54.9 Å². The fourth-order valence-corrected chi connectivity index (χ4v) is 4.28. The van der Waals surface area contributed by atoms with Crippen LogP contribution in [-0.2, 0) is 4.74 Å². The number of hydrogen-bond acceptors (Lipinski definition) is 5. The smallest absolute Gasteiger partial charge is 0.387 e. The first kappa shape index (κ1) is 20.6. The first-order valence-electron chi connectivity index (χ1n) is 10.7. The Hall–Kier alpha value is -3.33. The van der Waals surface area contributed by atoms with Crippen LogP contribution in [-0.4, -0.2) is 44.4 Å². The minimum atomic E-state index is -2.86. The summed E-state index contributed by atoms with van der Waals surface area (Å²) in [6.45, 7) is 0.776. The van der Waals surface area contributed by atoms with Gasteiger partial charge in [0, 0.05) is 17.9 Å². The maximum atomic E-state index is 12.4. The molecule has 3 aromatic heterocycles. The van der Waals surface area contributed by atoms with Crippen molar-refractivity contribution in [1.82, 2.24) is 24.5 Å². The number of nitrogens with zero attached hydrogens (tertiary/aromatic N) is 5. The Morgan fingerprint density at radius 3 is 2.75 bits per heavy atom. The topological polar surface area (TPSA) is 67.0 Å². The Labute approximate surface area is 183 Å². The van der Waals surface area contributed by atoms with Gasteiger partial charge >= 0.3 is 6.61 Å². The van der Waals surface area contributed by atoms with E-state index in [0.29, 0.717) is 5.92 Å². The van der Waals surface area contributed by atoms with Gasteiger partial charge in [-0.2, -0.15) is 19.0 Å². The minimum absolute atomic E-state index is 0.0999. The van der Waals surface area contributed by atoms with Crippen LogP contribution in [0.3, 0.4) is 0 Å². The Morgan fingerprint density at radius 1 is 1.12 bits per heavy atom. The predicted molar refractivity (Wildman–Crippen MR) is 115 cm³/mol. The molecule has 2 atom stereocenters. The number of pyridine rings is 1. The Kier molecular flexibility index (Phi) is 5.57. The molecule has 0 N–H and O–H groups in total. The third kappa shape index (κ3) is 3.84. The van der Waals surface area contributed by atoms with E-state index < -0.39 is 6.61 Å². The van der Waals surface area contributed by atoms with E-state index in [0.717, 1.165) is 54.2 Å². The zero-order chi connectivity index (χ0) is 22.1. The second-order valence-corrected chi connectivity index (χ2v) is 7.80. The quantitative estimate of drug-likeness (QED) is 0.429. The molecule has 1 aliphatic rings. The van der Waals surface area contributed by atoms with Crippen molar-refractivity contribution >= 4 is 11.0 Å². The van der Waals surface area contributed by atoms with Gasteiger partial charge in [-0.3, -0.25) is 0 Å². The molecule has 0 radical (unpaired) electrons. The van der Waals surface area contributed by atoms with Gasteiger partial charge in [0.2, 0.25) is 0 Å². The van der Waals surface area contributed by atoms with Crippen molar-refractivity contribution in [3.05, 3.63) is 54.9 Å². The van der Waals surface area contributed by atoms with Crippen LogP contribution in [0.4, 0.5) is 8.78 Å². The largest absolute Gasteiger partial charge is 0.435 e. The molecule has 1 aliphatic heterocycles. The molecule has 166 valence electrons. The molecule has 9 heteroatoms. The van der Waals surface area contributed by atoms with Crippen molar-refractivity contribution in [2.45, 2.75) is 32.4 Å². The molecule has 0 bridgehead atoms. The lowest BCUT2D eigenvalue weighted by Crippen LogP contribution is -2.30. The zero-order valence-electron chi connectivity index (χ0n) is 17.6. The van der Waals surface area contributed by atoms with Crippen LogP contribution in [0.25, 0.3) is 28.1 Å². The van der Waals surface area contributed by atoms with E-state index >= 15 is 0 Å². The maximum absolute atomic E-state index is 12.4. The maximum Gasteiger partial charge on any atom is 0.387 e. The second kappa shape index (κ2) is 8.66. The highest BCUT2D eigenvalue weighted by atomic mass is 19.3. The van der Waals surface area contributed by atoms with Gasteiger partial charge in [0.05, 0.1) is 42.1 Å². The summed E-state index contributed by atoms with van der Waals surface area (Å²) in [6, 6.07) is 12.4. The van der Waals surface area contributed by atoms with E-state index in [1.54, 1.807) is 23.0 Å². The van der Waals surface area contributed by atoms with E-state index in [-0.39, 0.29) is 11.8 Å². The van der Waals surface area contributed by atoms with Gasteiger partial charge in [0.25, 0.3) is 0 Å². The third-order valence-corrected chi connectivity index (χ3v) is 5.93. The number of hydrogen-bond donors (Lipinski definition) is 0. The molecule has 0 amide bonds. The van der Waals surface area contributed by atoms with Gasteiger partial charge < -0.3 is 9.47 Å². The Bertz CT molecular complexity index is 1200. The molecule has 1 saturated heterocycles. The van der Waals surface area contributed by atoms with Crippen molar-refractivity contribution in [2.24, 2.45) is 5.92 Å². The summed E-state index contributed by atoms with van der Waals surface area (Å²) >= 11 is 0. The first-order chi connectivity index (χ1) is 15.6.